The average Bonchev–Trinajstić information content (AvgIpc) is 2.55. The maximum absolute atomic E-state index is 12.1. The Bertz CT molecular complexity index is 443. The van der Waals surface area contributed by atoms with Gasteiger partial charge in [-0.1, -0.05) is 18.2 Å². The summed E-state index contributed by atoms with van der Waals surface area (Å²) in [6.07, 6.45) is 3.47. The van der Waals surface area contributed by atoms with Crippen molar-refractivity contribution < 1.29 is 9.53 Å². The number of hydrogen-bond acceptors (Lipinski definition) is 2. The zero-order valence-electron chi connectivity index (χ0n) is 10.4. The number of carbonyl (C=O) groups excluding carboxylic acids is 1. The summed E-state index contributed by atoms with van der Waals surface area (Å²) in [5.41, 5.74) is 1.08. The summed E-state index contributed by atoms with van der Waals surface area (Å²) in [6, 6.07) is 8.35. The summed E-state index contributed by atoms with van der Waals surface area (Å²) < 4.78 is 5.65. The Balaban J connectivity index is 1.68. The Hall–Kier alpha value is -1.71. The van der Waals surface area contributed by atoms with Crippen molar-refractivity contribution in [3.63, 3.8) is 0 Å². The molecule has 1 heterocycles. The molecule has 1 aromatic rings. The van der Waals surface area contributed by atoms with Crippen LogP contribution in [-0.2, 0) is 6.54 Å². The van der Waals surface area contributed by atoms with Crippen LogP contribution in [0.4, 0.5) is 4.79 Å². The van der Waals surface area contributed by atoms with E-state index in [9.17, 15) is 4.79 Å². The number of para-hydroxylation sites is 1. The highest BCUT2D eigenvalue weighted by Crippen LogP contribution is 2.23. The largest absolute Gasteiger partial charge is 0.491 e. The fourth-order valence-electron chi connectivity index (χ4n) is 2.32. The third kappa shape index (κ3) is 2.28. The second-order valence-electron chi connectivity index (χ2n) is 4.96. The van der Waals surface area contributed by atoms with E-state index < -0.39 is 0 Å². The SMILES string of the molecule is O=C(NC1CCC1)N1CCOc2ccccc2C1. The Morgan fingerprint density at radius 2 is 2.17 bits per heavy atom. The van der Waals surface area contributed by atoms with E-state index >= 15 is 0 Å². The highest BCUT2D eigenvalue weighted by Gasteiger charge is 2.24. The van der Waals surface area contributed by atoms with E-state index in [4.69, 9.17) is 4.74 Å². The summed E-state index contributed by atoms with van der Waals surface area (Å²) >= 11 is 0. The van der Waals surface area contributed by atoms with Gasteiger partial charge < -0.3 is 15.0 Å². The number of nitrogens with one attached hydrogen (secondary N) is 1. The van der Waals surface area contributed by atoms with Gasteiger partial charge in [0.25, 0.3) is 0 Å². The van der Waals surface area contributed by atoms with E-state index in [-0.39, 0.29) is 6.03 Å². The minimum Gasteiger partial charge on any atom is -0.491 e. The molecule has 2 amide bonds. The summed E-state index contributed by atoms with van der Waals surface area (Å²) in [5.74, 6) is 0.899. The number of fused-ring (bicyclic) bond motifs is 1. The predicted molar refractivity (Wildman–Crippen MR) is 68.5 cm³/mol. The topological polar surface area (TPSA) is 41.6 Å². The first-order valence-corrected chi connectivity index (χ1v) is 6.59. The summed E-state index contributed by atoms with van der Waals surface area (Å²) in [7, 11) is 0. The van der Waals surface area contributed by atoms with E-state index in [1.807, 2.05) is 29.2 Å². The van der Waals surface area contributed by atoms with Gasteiger partial charge in [-0.25, -0.2) is 4.79 Å². The number of hydrogen-bond donors (Lipinski definition) is 1. The second-order valence-corrected chi connectivity index (χ2v) is 4.96. The van der Waals surface area contributed by atoms with Crippen LogP contribution in [0.3, 0.4) is 0 Å². The molecule has 1 fully saturated rings. The van der Waals surface area contributed by atoms with Crippen molar-refractivity contribution in [3.8, 4) is 5.75 Å². The molecule has 2 aliphatic rings. The molecule has 1 N–H and O–H groups in total. The van der Waals surface area contributed by atoms with E-state index in [1.165, 1.54) is 6.42 Å². The Morgan fingerprint density at radius 1 is 1.33 bits per heavy atom. The van der Waals surface area contributed by atoms with Crippen molar-refractivity contribution in [2.75, 3.05) is 13.2 Å². The monoisotopic (exact) mass is 246 g/mol. The van der Waals surface area contributed by atoms with Crippen molar-refractivity contribution in [2.45, 2.75) is 31.8 Å². The molecule has 0 saturated heterocycles. The van der Waals surface area contributed by atoms with Crippen LogP contribution in [-0.4, -0.2) is 30.1 Å². The molecule has 1 saturated carbocycles. The Kier molecular flexibility index (Phi) is 3.09. The van der Waals surface area contributed by atoms with E-state index in [0.29, 0.717) is 25.7 Å². The number of amides is 2. The molecule has 96 valence electrons. The van der Waals surface area contributed by atoms with Gasteiger partial charge in [-0.2, -0.15) is 0 Å². The molecule has 0 radical (unpaired) electrons. The standard InChI is InChI=1S/C14H18N2O2/c17-14(15-12-5-3-6-12)16-8-9-18-13-7-2-1-4-11(13)10-16/h1-2,4,7,12H,3,5-6,8-10H2,(H,15,17). The van der Waals surface area contributed by atoms with Crippen LogP contribution < -0.4 is 10.1 Å². The minimum absolute atomic E-state index is 0.0417. The summed E-state index contributed by atoms with van der Waals surface area (Å²) in [4.78, 5) is 14.0. The Labute approximate surface area is 107 Å². The second kappa shape index (κ2) is 4.88. The lowest BCUT2D eigenvalue weighted by Gasteiger charge is -2.30. The van der Waals surface area contributed by atoms with Crippen LogP contribution >= 0.6 is 0 Å². The maximum Gasteiger partial charge on any atom is 0.318 e. The highest BCUT2D eigenvalue weighted by molar-refractivity contribution is 5.74. The van der Waals surface area contributed by atoms with E-state index in [0.717, 1.165) is 24.2 Å². The zero-order chi connectivity index (χ0) is 12.4. The van der Waals surface area contributed by atoms with Crippen molar-refractivity contribution in [1.29, 1.82) is 0 Å². The van der Waals surface area contributed by atoms with Gasteiger partial charge in [-0.3, -0.25) is 0 Å². The van der Waals surface area contributed by atoms with Crippen molar-refractivity contribution in [1.82, 2.24) is 10.2 Å². The van der Waals surface area contributed by atoms with Gasteiger partial charge in [-0.15, -0.1) is 0 Å². The lowest BCUT2D eigenvalue weighted by molar-refractivity contribution is 0.177. The van der Waals surface area contributed by atoms with Gasteiger partial charge >= 0.3 is 6.03 Å². The molecule has 0 atom stereocenters. The molecule has 0 aromatic heterocycles. The average molecular weight is 246 g/mol. The van der Waals surface area contributed by atoms with Crippen molar-refractivity contribution in [3.05, 3.63) is 29.8 Å². The molecule has 3 rings (SSSR count). The first kappa shape index (κ1) is 11.4. The molecule has 1 aliphatic carbocycles. The molecule has 18 heavy (non-hydrogen) atoms. The van der Waals surface area contributed by atoms with Crippen LogP contribution in [0.5, 0.6) is 5.75 Å². The van der Waals surface area contributed by atoms with Crippen LogP contribution in [0.15, 0.2) is 24.3 Å². The highest BCUT2D eigenvalue weighted by atomic mass is 16.5. The number of ether oxygens (including phenoxy) is 1. The molecule has 0 unspecified atom stereocenters. The number of nitrogens with zero attached hydrogens (tertiary/aromatic N) is 1. The van der Waals surface area contributed by atoms with Gasteiger partial charge in [0, 0.05) is 11.6 Å². The molecule has 0 bridgehead atoms. The molecule has 1 aromatic carbocycles. The molecular weight excluding hydrogens is 228 g/mol. The number of carbonyl (C=O) groups is 1. The molecule has 1 aliphatic heterocycles. The third-order valence-corrected chi connectivity index (χ3v) is 3.67. The lowest BCUT2D eigenvalue weighted by atomic mass is 9.93. The van der Waals surface area contributed by atoms with Crippen LogP contribution in [0.25, 0.3) is 0 Å². The zero-order valence-corrected chi connectivity index (χ0v) is 10.4. The van der Waals surface area contributed by atoms with Crippen LogP contribution in [0, 0.1) is 0 Å². The third-order valence-electron chi connectivity index (χ3n) is 3.67. The van der Waals surface area contributed by atoms with E-state index in [2.05, 4.69) is 5.32 Å². The fourth-order valence-corrected chi connectivity index (χ4v) is 2.32. The van der Waals surface area contributed by atoms with Crippen molar-refractivity contribution >= 4 is 6.03 Å². The molecule has 4 heteroatoms. The number of urea groups is 1. The van der Waals surface area contributed by atoms with Crippen molar-refractivity contribution in [2.24, 2.45) is 0 Å². The van der Waals surface area contributed by atoms with Crippen LogP contribution in [0.2, 0.25) is 0 Å². The van der Waals surface area contributed by atoms with Gasteiger partial charge in [0.2, 0.25) is 0 Å². The Morgan fingerprint density at radius 3 is 2.94 bits per heavy atom. The first-order valence-electron chi connectivity index (χ1n) is 6.59. The predicted octanol–water partition coefficient (Wildman–Crippen LogP) is 2.14. The van der Waals surface area contributed by atoms with Gasteiger partial charge in [0.15, 0.2) is 0 Å². The lowest BCUT2D eigenvalue weighted by Crippen LogP contribution is -2.47. The fraction of sp³-hybridized carbons (Fsp3) is 0.500. The van der Waals surface area contributed by atoms with Gasteiger partial charge in [0.1, 0.15) is 12.4 Å². The number of rotatable bonds is 1. The van der Waals surface area contributed by atoms with E-state index in [1.54, 1.807) is 0 Å². The quantitative estimate of drug-likeness (QED) is 0.825. The van der Waals surface area contributed by atoms with Gasteiger partial charge in [0.05, 0.1) is 13.1 Å². The first-order chi connectivity index (χ1) is 8.83. The van der Waals surface area contributed by atoms with Gasteiger partial charge in [-0.05, 0) is 25.3 Å². The molecule has 0 spiro atoms. The minimum atomic E-state index is 0.0417. The smallest absolute Gasteiger partial charge is 0.318 e. The molecular formula is C14H18N2O2. The molecule has 4 nitrogen and oxygen atoms in total. The normalized spacial score (nSPS) is 19.2. The number of benzene rings is 1. The summed E-state index contributed by atoms with van der Waals surface area (Å²) in [6.45, 7) is 1.84. The summed E-state index contributed by atoms with van der Waals surface area (Å²) in [5, 5.41) is 3.08. The van der Waals surface area contributed by atoms with Crippen LogP contribution in [0.1, 0.15) is 24.8 Å². The maximum atomic E-state index is 12.1.